The van der Waals surface area contributed by atoms with Crippen molar-refractivity contribution >= 4 is 0 Å². The van der Waals surface area contributed by atoms with E-state index in [2.05, 4.69) is 11.9 Å². The third kappa shape index (κ3) is 3.69. The summed E-state index contributed by atoms with van der Waals surface area (Å²) in [7, 11) is 2.09. The van der Waals surface area contributed by atoms with Crippen molar-refractivity contribution in [3.05, 3.63) is 23.8 Å². The second-order valence-corrected chi connectivity index (χ2v) is 6.29. The van der Waals surface area contributed by atoms with Crippen molar-refractivity contribution in [2.45, 2.75) is 31.8 Å². The van der Waals surface area contributed by atoms with Crippen LogP contribution in [-0.4, -0.2) is 43.4 Å². The summed E-state index contributed by atoms with van der Waals surface area (Å²) in [5.74, 6) is 2.36. The Labute approximate surface area is 126 Å². The van der Waals surface area contributed by atoms with E-state index in [4.69, 9.17) is 9.47 Å². The highest BCUT2D eigenvalue weighted by Crippen LogP contribution is 2.33. The average Bonchev–Trinajstić information content (AvgIpc) is 2.67. The van der Waals surface area contributed by atoms with Crippen LogP contribution in [0.25, 0.3) is 0 Å². The third-order valence-corrected chi connectivity index (χ3v) is 4.44. The van der Waals surface area contributed by atoms with Crippen LogP contribution >= 0.6 is 0 Å². The maximum absolute atomic E-state index is 10.4. The molecular formula is C17H25NO3. The third-order valence-electron chi connectivity index (χ3n) is 4.44. The molecule has 0 spiro atoms. The fraction of sp³-hybridized carbons (Fsp3) is 0.647. The van der Waals surface area contributed by atoms with Crippen LogP contribution in [0.1, 0.15) is 37.4 Å². The van der Waals surface area contributed by atoms with E-state index in [0.717, 1.165) is 35.9 Å². The monoisotopic (exact) mass is 291 g/mol. The van der Waals surface area contributed by atoms with Crippen LogP contribution in [0.2, 0.25) is 0 Å². The second kappa shape index (κ2) is 6.67. The molecule has 1 heterocycles. The van der Waals surface area contributed by atoms with E-state index in [1.54, 1.807) is 0 Å². The summed E-state index contributed by atoms with van der Waals surface area (Å²) in [5, 5.41) is 10.4. The van der Waals surface area contributed by atoms with E-state index < -0.39 is 6.10 Å². The lowest BCUT2D eigenvalue weighted by atomic mass is 9.85. The van der Waals surface area contributed by atoms with Gasteiger partial charge in [-0.3, -0.25) is 0 Å². The van der Waals surface area contributed by atoms with Gasteiger partial charge in [0.15, 0.2) is 11.5 Å². The zero-order valence-corrected chi connectivity index (χ0v) is 12.8. The van der Waals surface area contributed by atoms with Gasteiger partial charge in [0.25, 0.3) is 0 Å². The highest BCUT2D eigenvalue weighted by Gasteiger charge is 2.21. The predicted octanol–water partition coefficient (Wildman–Crippen LogP) is 2.61. The minimum absolute atomic E-state index is 0.479. The van der Waals surface area contributed by atoms with Crippen LogP contribution < -0.4 is 9.47 Å². The Kier molecular flexibility index (Phi) is 4.66. The lowest BCUT2D eigenvalue weighted by Gasteiger charge is -2.31. The lowest BCUT2D eigenvalue weighted by Crippen LogP contribution is -2.32. The van der Waals surface area contributed by atoms with Gasteiger partial charge in [-0.1, -0.05) is 12.5 Å². The van der Waals surface area contributed by atoms with Crippen molar-refractivity contribution in [3.8, 4) is 11.5 Å². The molecule has 0 amide bonds. The molecule has 0 radical (unpaired) electrons. The highest BCUT2D eigenvalue weighted by molar-refractivity contribution is 5.44. The molecule has 116 valence electrons. The van der Waals surface area contributed by atoms with Gasteiger partial charge in [0.05, 0.1) is 19.3 Å². The SMILES string of the molecule is CN(CC1CCC1)CC(O)c1ccc2c(c1)OCCCO2. The summed E-state index contributed by atoms with van der Waals surface area (Å²) in [6, 6.07) is 5.77. The first-order valence-electron chi connectivity index (χ1n) is 7.98. The number of ether oxygens (including phenoxy) is 2. The largest absolute Gasteiger partial charge is 0.490 e. The maximum Gasteiger partial charge on any atom is 0.161 e. The van der Waals surface area contributed by atoms with Crippen molar-refractivity contribution in [2.75, 3.05) is 33.4 Å². The first-order valence-corrected chi connectivity index (χ1v) is 7.98. The van der Waals surface area contributed by atoms with E-state index in [1.165, 1.54) is 19.3 Å². The Balaban J connectivity index is 1.61. The van der Waals surface area contributed by atoms with Crippen LogP contribution in [0.3, 0.4) is 0 Å². The summed E-state index contributed by atoms with van der Waals surface area (Å²) >= 11 is 0. The second-order valence-electron chi connectivity index (χ2n) is 6.29. The molecule has 0 aromatic heterocycles. The van der Waals surface area contributed by atoms with Crippen molar-refractivity contribution in [1.29, 1.82) is 0 Å². The molecule has 1 atom stereocenters. The molecule has 0 saturated heterocycles. The molecule has 21 heavy (non-hydrogen) atoms. The van der Waals surface area contributed by atoms with Crippen LogP contribution in [0, 0.1) is 5.92 Å². The topological polar surface area (TPSA) is 41.9 Å². The Morgan fingerprint density at radius 1 is 1.19 bits per heavy atom. The van der Waals surface area contributed by atoms with Gasteiger partial charge in [-0.25, -0.2) is 0 Å². The zero-order valence-electron chi connectivity index (χ0n) is 12.8. The number of nitrogens with zero attached hydrogens (tertiary/aromatic N) is 1. The molecule has 1 unspecified atom stereocenters. The van der Waals surface area contributed by atoms with E-state index >= 15 is 0 Å². The van der Waals surface area contributed by atoms with Crippen LogP contribution in [-0.2, 0) is 0 Å². The Bertz CT molecular complexity index is 473. The summed E-state index contributed by atoms with van der Waals surface area (Å²) in [6.07, 6.45) is 4.46. The van der Waals surface area contributed by atoms with Gasteiger partial charge in [-0.05, 0) is 43.5 Å². The van der Waals surface area contributed by atoms with Crippen molar-refractivity contribution in [1.82, 2.24) is 4.90 Å². The molecule has 4 heteroatoms. The van der Waals surface area contributed by atoms with E-state index in [0.29, 0.717) is 19.8 Å². The molecule has 1 saturated carbocycles. The Hall–Kier alpha value is -1.26. The summed E-state index contributed by atoms with van der Waals surface area (Å²) in [4.78, 5) is 2.23. The molecule has 2 aliphatic rings. The molecule has 1 aliphatic heterocycles. The predicted molar refractivity (Wildman–Crippen MR) is 81.8 cm³/mol. The van der Waals surface area contributed by atoms with E-state index in [9.17, 15) is 5.11 Å². The summed E-state index contributed by atoms with van der Waals surface area (Å²) < 4.78 is 11.3. The number of fused-ring (bicyclic) bond motifs is 1. The standard InChI is InChI=1S/C17H25NO3/c1-18(11-13-4-2-5-13)12-15(19)14-6-7-16-17(10-14)21-9-3-8-20-16/h6-7,10,13,15,19H,2-5,8-9,11-12H2,1H3. The first-order chi connectivity index (χ1) is 10.2. The van der Waals surface area contributed by atoms with Crippen molar-refractivity contribution < 1.29 is 14.6 Å². The fourth-order valence-corrected chi connectivity index (χ4v) is 2.98. The van der Waals surface area contributed by atoms with Gasteiger partial charge in [-0.15, -0.1) is 0 Å². The summed E-state index contributed by atoms with van der Waals surface area (Å²) in [5.41, 5.74) is 0.903. The minimum atomic E-state index is -0.479. The molecule has 1 aromatic rings. The number of hydrogen-bond acceptors (Lipinski definition) is 4. The number of benzene rings is 1. The van der Waals surface area contributed by atoms with E-state index in [-0.39, 0.29) is 0 Å². The van der Waals surface area contributed by atoms with Crippen LogP contribution in [0.5, 0.6) is 11.5 Å². The van der Waals surface area contributed by atoms with Gasteiger partial charge >= 0.3 is 0 Å². The van der Waals surface area contributed by atoms with Gasteiger partial charge in [0.2, 0.25) is 0 Å². The normalized spacial score (nSPS) is 20.0. The van der Waals surface area contributed by atoms with Gasteiger partial charge in [0.1, 0.15) is 0 Å². The molecular weight excluding hydrogens is 266 g/mol. The van der Waals surface area contributed by atoms with E-state index in [1.807, 2.05) is 18.2 Å². The molecule has 4 nitrogen and oxygen atoms in total. The molecule has 1 aliphatic carbocycles. The van der Waals surface area contributed by atoms with Gasteiger partial charge in [0, 0.05) is 19.5 Å². The number of likely N-dealkylation sites (N-methyl/N-ethyl adjacent to an activating group) is 1. The fourth-order valence-electron chi connectivity index (χ4n) is 2.98. The lowest BCUT2D eigenvalue weighted by molar-refractivity contribution is 0.106. The zero-order chi connectivity index (χ0) is 14.7. The number of aliphatic hydroxyl groups is 1. The van der Waals surface area contributed by atoms with Crippen molar-refractivity contribution in [2.24, 2.45) is 5.92 Å². The molecule has 1 aromatic carbocycles. The summed E-state index contributed by atoms with van der Waals surface area (Å²) in [6.45, 7) is 3.12. The van der Waals surface area contributed by atoms with Crippen LogP contribution in [0.4, 0.5) is 0 Å². The average molecular weight is 291 g/mol. The molecule has 3 rings (SSSR count). The smallest absolute Gasteiger partial charge is 0.161 e. The first kappa shape index (κ1) is 14.7. The number of rotatable bonds is 5. The maximum atomic E-state index is 10.4. The molecule has 0 bridgehead atoms. The Morgan fingerprint density at radius 3 is 2.67 bits per heavy atom. The van der Waals surface area contributed by atoms with Crippen LogP contribution in [0.15, 0.2) is 18.2 Å². The molecule has 1 N–H and O–H groups in total. The van der Waals surface area contributed by atoms with Gasteiger partial charge < -0.3 is 19.5 Å². The number of hydrogen-bond donors (Lipinski definition) is 1. The number of aliphatic hydroxyl groups excluding tert-OH is 1. The Morgan fingerprint density at radius 2 is 1.95 bits per heavy atom. The molecule has 1 fully saturated rings. The van der Waals surface area contributed by atoms with Gasteiger partial charge in [-0.2, -0.15) is 0 Å². The quantitative estimate of drug-likeness (QED) is 0.905. The highest BCUT2D eigenvalue weighted by atomic mass is 16.5. The minimum Gasteiger partial charge on any atom is -0.490 e. The van der Waals surface area contributed by atoms with Crippen molar-refractivity contribution in [3.63, 3.8) is 0 Å².